The van der Waals surface area contributed by atoms with E-state index in [1.165, 1.54) is 0 Å². The van der Waals surface area contributed by atoms with Crippen LogP contribution in [0.5, 0.6) is 0 Å². The zero-order chi connectivity index (χ0) is 12.7. The highest BCUT2D eigenvalue weighted by atomic mass is 16.5. The largest absolute Gasteiger partial charge is 0.382 e. The molecule has 1 heterocycles. The van der Waals surface area contributed by atoms with Crippen molar-refractivity contribution in [2.45, 2.75) is 52.1 Å². The molecular formula is C13H25N3O. The first-order valence-electron chi connectivity index (χ1n) is 6.50. The van der Waals surface area contributed by atoms with Crippen LogP contribution in [0.1, 0.15) is 45.3 Å². The van der Waals surface area contributed by atoms with E-state index in [2.05, 4.69) is 25.0 Å². The maximum atomic E-state index is 6.07. The van der Waals surface area contributed by atoms with Crippen molar-refractivity contribution in [3.8, 4) is 0 Å². The molecule has 4 nitrogen and oxygen atoms in total. The van der Waals surface area contributed by atoms with Gasteiger partial charge in [-0.3, -0.25) is 4.68 Å². The number of hydrogen-bond acceptors (Lipinski definition) is 3. The van der Waals surface area contributed by atoms with Crippen LogP contribution < -0.4 is 5.73 Å². The predicted molar refractivity (Wildman–Crippen MR) is 70.0 cm³/mol. The van der Waals surface area contributed by atoms with Gasteiger partial charge in [0.25, 0.3) is 0 Å². The third-order valence-corrected chi connectivity index (χ3v) is 2.73. The van der Waals surface area contributed by atoms with E-state index in [4.69, 9.17) is 10.5 Å². The van der Waals surface area contributed by atoms with Crippen molar-refractivity contribution in [2.75, 3.05) is 13.2 Å². The van der Waals surface area contributed by atoms with Crippen molar-refractivity contribution >= 4 is 0 Å². The average molecular weight is 239 g/mol. The molecule has 0 aliphatic rings. The summed E-state index contributed by atoms with van der Waals surface area (Å²) in [6, 6.07) is 2.66. The number of hydrogen-bond donors (Lipinski definition) is 1. The minimum Gasteiger partial charge on any atom is -0.382 e. The molecule has 0 radical (unpaired) electrons. The lowest BCUT2D eigenvalue weighted by molar-refractivity contribution is 0.142. The first-order chi connectivity index (χ1) is 8.13. The Balaban J connectivity index is 2.27. The molecule has 0 amide bonds. The second kappa shape index (κ2) is 7.45. The van der Waals surface area contributed by atoms with E-state index >= 15 is 0 Å². The van der Waals surface area contributed by atoms with E-state index < -0.39 is 0 Å². The molecule has 0 saturated carbocycles. The summed E-state index contributed by atoms with van der Waals surface area (Å²) >= 11 is 0. The van der Waals surface area contributed by atoms with E-state index in [1.807, 2.05) is 17.8 Å². The minimum atomic E-state index is 0.186. The molecule has 0 aliphatic carbocycles. The Morgan fingerprint density at radius 2 is 2.24 bits per heavy atom. The van der Waals surface area contributed by atoms with Crippen molar-refractivity contribution in [3.05, 3.63) is 18.0 Å². The zero-order valence-electron chi connectivity index (χ0n) is 11.2. The van der Waals surface area contributed by atoms with E-state index in [0.29, 0.717) is 6.04 Å². The molecule has 1 rings (SSSR count). The highest BCUT2D eigenvalue weighted by Gasteiger charge is 2.07. The summed E-state index contributed by atoms with van der Waals surface area (Å²) in [6.45, 7) is 7.86. The monoisotopic (exact) mass is 239 g/mol. The van der Waals surface area contributed by atoms with E-state index in [0.717, 1.165) is 38.2 Å². The maximum absolute atomic E-state index is 6.07. The average Bonchev–Trinajstić information content (AvgIpc) is 2.73. The standard InChI is InChI=1S/C13H25N3O/c1-4-17-9-5-6-12(14)10-13-7-8-16(15-13)11(2)3/h7-8,11-12H,4-6,9-10,14H2,1-3H3. The Kier molecular flexibility index (Phi) is 6.22. The lowest BCUT2D eigenvalue weighted by atomic mass is 10.1. The number of aromatic nitrogens is 2. The fraction of sp³-hybridized carbons (Fsp3) is 0.769. The second-order valence-electron chi connectivity index (χ2n) is 4.68. The van der Waals surface area contributed by atoms with Crippen molar-refractivity contribution in [3.63, 3.8) is 0 Å². The van der Waals surface area contributed by atoms with Gasteiger partial charge in [0.1, 0.15) is 0 Å². The van der Waals surface area contributed by atoms with Gasteiger partial charge in [-0.1, -0.05) is 0 Å². The van der Waals surface area contributed by atoms with Gasteiger partial charge in [0, 0.05) is 37.9 Å². The van der Waals surface area contributed by atoms with Gasteiger partial charge in [-0.05, 0) is 39.7 Å². The molecule has 1 aromatic rings. The molecule has 1 atom stereocenters. The summed E-state index contributed by atoms with van der Waals surface area (Å²) in [6.07, 6.45) is 4.90. The summed E-state index contributed by atoms with van der Waals surface area (Å²) < 4.78 is 7.27. The molecule has 17 heavy (non-hydrogen) atoms. The minimum absolute atomic E-state index is 0.186. The predicted octanol–water partition coefficient (Wildman–Crippen LogP) is 2.15. The Morgan fingerprint density at radius 3 is 2.82 bits per heavy atom. The van der Waals surface area contributed by atoms with Crippen molar-refractivity contribution in [1.29, 1.82) is 0 Å². The first kappa shape index (κ1) is 14.2. The van der Waals surface area contributed by atoms with Gasteiger partial charge in [-0.2, -0.15) is 5.10 Å². The summed E-state index contributed by atoms with van der Waals surface area (Å²) in [4.78, 5) is 0. The summed E-state index contributed by atoms with van der Waals surface area (Å²) in [5.74, 6) is 0. The quantitative estimate of drug-likeness (QED) is 0.707. The van der Waals surface area contributed by atoms with Crippen molar-refractivity contribution in [2.24, 2.45) is 5.73 Å². The Morgan fingerprint density at radius 1 is 1.47 bits per heavy atom. The maximum Gasteiger partial charge on any atom is 0.0640 e. The lowest BCUT2D eigenvalue weighted by Gasteiger charge is -2.10. The van der Waals surface area contributed by atoms with Crippen molar-refractivity contribution < 1.29 is 4.74 Å². The smallest absolute Gasteiger partial charge is 0.0640 e. The van der Waals surface area contributed by atoms with Crippen LogP contribution in [0.2, 0.25) is 0 Å². The molecule has 0 aromatic carbocycles. The van der Waals surface area contributed by atoms with Gasteiger partial charge >= 0.3 is 0 Å². The van der Waals surface area contributed by atoms with Gasteiger partial charge in [-0.15, -0.1) is 0 Å². The molecule has 2 N–H and O–H groups in total. The molecule has 4 heteroatoms. The molecule has 1 unspecified atom stereocenters. The molecule has 0 spiro atoms. The molecule has 1 aromatic heterocycles. The fourth-order valence-corrected chi connectivity index (χ4v) is 1.74. The first-order valence-corrected chi connectivity index (χ1v) is 6.50. The normalized spacial score (nSPS) is 13.2. The van der Waals surface area contributed by atoms with Crippen LogP contribution in [0.15, 0.2) is 12.3 Å². The molecule has 0 saturated heterocycles. The molecule has 0 bridgehead atoms. The second-order valence-corrected chi connectivity index (χ2v) is 4.68. The van der Waals surface area contributed by atoms with Crippen LogP contribution in [0.25, 0.3) is 0 Å². The van der Waals surface area contributed by atoms with E-state index in [1.54, 1.807) is 0 Å². The van der Waals surface area contributed by atoms with Crippen LogP contribution >= 0.6 is 0 Å². The van der Waals surface area contributed by atoms with Gasteiger partial charge in [-0.25, -0.2) is 0 Å². The Hall–Kier alpha value is -0.870. The van der Waals surface area contributed by atoms with Gasteiger partial charge in [0.2, 0.25) is 0 Å². The van der Waals surface area contributed by atoms with Crippen LogP contribution in [0, 0.1) is 0 Å². The van der Waals surface area contributed by atoms with Crippen LogP contribution in [0.3, 0.4) is 0 Å². The zero-order valence-corrected chi connectivity index (χ0v) is 11.2. The number of nitrogens with zero attached hydrogens (tertiary/aromatic N) is 2. The van der Waals surface area contributed by atoms with Crippen molar-refractivity contribution in [1.82, 2.24) is 9.78 Å². The Bertz CT molecular complexity index is 309. The topological polar surface area (TPSA) is 53.1 Å². The molecule has 0 aliphatic heterocycles. The van der Waals surface area contributed by atoms with E-state index in [9.17, 15) is 0 Å². The summed E-state index contributed by atoms with van der Waals surface area (Å²) in [5.41, 5.74) is 7.15. The highest BCUT2D eigenvalue weighted by Crippen LogP contribution is 2.07. The van der Waals surface area contributed by atoms with Gasteiger partial charge in [0.15, 0.2) is 0 Å². The third-order valence-electron chi connectivity index (χ3n) is 2.73. The van der Waals surface area contributed by atoms with E-state index in [-0.39, 0.29) is 6.04 Å². The van der Waals surface area contributed by atoms with Gasteiger partial charge < -0.3 is 10.5 Å². The lowest BCUT2D eigenvalue weighted by Crippen LogP contribution is -2.23. The fourth-order valence-electron chi connectivity index (χ4n) is 1.74. The molecular weight excluding hydrogens is 214 g/mol. The summed E-state index contributed by atoms with van der Waals surface area (Å²) in [7, 11) is 0. The molecule has 0 fully saturated rings. The number of rotatable bonds is 8. The Labute approximate surface area is 104 Å². The third kappa shape index (κ3) is 5.33. The highest BCUT2D eigenvalue weighted by molar-refractivity contribution is 5.01. The molecule has 98 valence electrons. The van der Waals surface area contributed by atoms with Crippen LogP contribution in [-0.4, -0.2) is 29.0 Å². The number of ether oxygens (including phenoxy) is 1. The summed E-state index contributed by atoms with van der Waals surface area (Å²) in [5, 5.41) is 4.50. The number of nitrogens with two attached hydrogens (primary N) is 1. The SMILES string of the molecule is CCOCCCC(N)Cc1ccn(C(C)C)n1. The van der Waals surface area contributed by atoms with Gasteiger partial charge in [0.05, 0.1) is 5.69 Å². The van der Waals surface area contributed by atoms with Crippen LogP contribution in [0.4, 0.5) is 0 Å². The van der Waals surface area contributed by atoms with Crippen LogP contribution in [-0.2, 0) is 11.2 Å².